The Morgan fingerprint density at radius 3 is 2.16 bits per heavy atom. The normalized spacial score (nSPS) is 12.6. The standard InChI is InChI=1S/C24H22F2O3S2/c1-3-30-21-13-11-20(12-14-21)24(25,26)23(17-19-7-5-4-6-8-19)29-31(27,28)22-15-9-18(2)10-16-22/h4-17H,3H2,1-2H3/b23-17-. The fraction of sp³-hybridized carbons (Fsp3) is 0.167. The first-order valence-electron chi connectivity index (χ1n) is 9.62. The van der Waals surface area contributed by atoms with Gasteiger partial charge in [-0.2, -0.15) is 17.2 Å². The first kappa shape index (κ1) is 23.0. The average molecular weight is 461 g/mol. The smallest absolute Gasteiger partial charge is 0.339 e. The highest BCUT2D eigenvalue weighted by molar-refractivity contribution is 7.99. The van der Waals surface area contributed by atoms with Crippen LogP contribution in [0.4, 0.5) is 8.78 Å². The fourth-order valence-electron chi connectivity index (χ4n) is 2.81. The van der Waals surface area contributed by atoms with Gasteiger partial charge in [0.15, 0.2) is 5.76 Å². The van der Waals surface area contributed by atoms with Gasteiger partial charge in [0.1, 0.15) is 4.90 Å². The molecule has 0 saturated carbocycles. The topological polar surface area (TPSA) is 43.4 Å². The van der Waals surface area contributed by atoms with Crippen molar-refractivity contribution < 1.29 is 21.4 Å². The summed E-state index contributed by atoms with van der Waals surface area (Å²) in [4.78, 5) is 0.659. The molecule has 0 N–H and O–H groups in total. The molecule has 0 atom stereocenters. The van der Waals surface area contributed by atoms with Gasteiger partial charge >= 0.3 is 16.0 Å². The van der Waals surface area contributed by atoms with Gasteiger partial charge in [-0.15, -0.1) is 11.8 Å². The lowest BCUT2D eigenvalue weighted by Crippen LogP contribution is -2.22. The predicted octanol–water partition coefficient (Wildman–Crippen LogP) is 6.65. The van der Waals surface area contributed by atoms with E-state index in [0.29, 0.717) is 5.56 Å². The summed E-state index contributed by atoms with van der Waals surface area (Å²) in [6.07, 6.45) is 1.06. The van der Waals surface area contributed by atoms with E-state index >= 15 is 8.78 Å². The van der Waals surface area contributed by atoms with Crippen molar-refractivity contribution in [1.29, 1.82) is 0 Å². The number of rotatable bonds is 8. The Bertz CT molecular complexity index is 1140. The Morgan fingerprint density at radius 1 is 0.968 bits per heavy atom. The number of halogens is 2. The number of hydrogen-bond acceptors (Lipinski definition) is 4. The second kappa shape index (κ2) is 9.66. The van der Waals surface area contributed by atoms with E-state index in [-0.39, 0.29) is 10.5 Å². The highest BCUT2D eigenvalue weighted by Crippen LogP contribution is 2.40. The van der Waals surface area contributed by atoms with Crippen LogP contribution in [0.15, 0.2) is 94.4 Å². The fourth-order valence-corrected chi connectivity index (χ4v) is 4.42. The summed E-state index contributed by atoms with van der Waals surface area (Å²) in [5.74, 6) is -3.81. The van der Waals surface area contributed by atoms with Crippen molar-refractivity contribution in [3.05, 3.63) is 101 Å². The first-order valence-corrected chi connectivity index (χ1v) is 12.0. The minimum atomic E-state index is -4.46. The van der Waals surface area contributed by atoms with Crippen LogP contribution in [0.5, 0.6) is 0 Å². The molecule has 0 aliphatic carbocycles. The van der Waals surface area contributed by atoms with Crippen LogP contribution in [0.2, 0.25) is 0 Å². The Labute approximate surface area is 185 Å². The third-order valence-electron chi connectivity index (χ3n) is 4.44. The van der Waals surface area contributed by atoms with Gasteiger partial charge in [-0.05, 0) is 48.6 Å². The first-order chi connectivity index (χ1) is 14.7. The van der Waals surface area contributed by atoms with Gasteiger partial charge in [0, 0.05) is 10.5 Å². The summed E-state index contributed by atoms with van der Waals surface area (Å²) in [7, 11) is -4.46. The molecule has 0 radical (unpaired) electrons. The van der Waals surface area contributed by atoms with E-state index < -0.39 is 21.8 Å². The lowest BCUT2D eigenvalue weighted by molar-refractivity contribution is 0.00377. The highest BCUT2D eigenvalue weighted by Gasteiger charge is 2.41. The van der Waals surface area contributed by atoms with Gasteiger partial charge < -0.3 is 4.18 Å². The molecule has 3 rings (SSSR count). The minimum absolute atomic E-state index is 0.192. The SMILES string of the molecule is CCSc1ccc(C(F)(F)/C(=C/c2ccccc2)OS(=O)(=O)c2ccc(C)cc2)cc1. The van der Waals surface area contributed by atoms with Gasteiger partial charge in [-0.25, -0.2) is 0 Å². The van der Waals surface area contributed by atoms with Crippen LogP contribution in [-0.4, -0.2) is 14.2 Å². The molecule has 0 aliphatic rings. The van der Waals surface area contributed by atoms with Gasteiger partial charge in [0.05, 0.1) is 0 Å². The molecule has 31 heavy (non-hydrogen) atoms. The van der Waals surface area contributed by atoms with Crippen molar-refractivity contribution in [3.8, 4) is 0 Å². The second-order valence-corrected chi connectivity index (χ2v) is 9.69. The van der Waals surface area contributed by atoms with Gasteiger partial charge in [0.2, 0.25) is 0 Å². The van der Waals surface area contributed by atoms with Crippen LogP contribution in [0.25, 0.3) is 6.08 Å². The Hall–Kier alpha value is -2.64. The Balaban J connectivity index is 2.03. The van der Waals surface area contributed by atoms with Gasteiger partial charge in [-0.1, -0.05) is 67.1 Å². The number of alkyl halides is 2. The zero-order chi connectivity index (χ0) is 22.5. The largest absolute Gasteiger partial charge is 0.377 e. The molecular weight excluding hydrogens is 438 g/mol. The van der Waals surface area contributed by atoms with Crippen molar-refractivity contribution in [1.82, 2.24) is 0 Å². The summed E-state index contributed by atoms with van der Waals surface area (Å²) in [6, 6.07) is 19.9. The van der Waals surface area contributed by atoms with Gasteiger partial charge in [-0.3, -0.25) is 0 Å². The van der Waals surface area contributed by atoms with Crippen LogP contribution in [-0.2, 0) is 20.2 Å². The van der Waals surface area contributed by atoms with Crippen LogP contribution >= 0.6 is 11.8 Å². The van der Waals surface area contributed by atoms with Crippen LogP contribution < -0.4 is 0 Å². The molecule has 0 bridgehead atoms. The quantitative estimate of drug-likeness (QED) is 0.215. The van der Waals surface area contributed by atoms with Crippen molar-refractivity contribution in [2.24, 2.45) is 0 Å². The number of thioether (sulfide) groups is 1. The van der Waals surface area contributed by atoms with Crippen molar-refractivity contribution in [3.63, 3.8) is 0 Å². The molecule has 162 valence electrons. The number of allylic oxidation sites excluding steroid dienone is 1. The zero-order valence-electron chi connectivity index (χ0n) is 17.1. The molecule has 3 nitrogen and oxygen atoms in total. The minimum Gasteiger partial charge on any atom is -0.377 e. The maximum Gasteiger partial charge on any atom is 0.339 e. The van der Waals surface area contributed by atoms with E-state index in [9.17, 15) is 8.42 Å². The summed E-state index contributed by atoms with van der Waals surface area (Å²) in [6.45, 7) is 3.77. The molecule has 7 heteroatoms. The lowest BCUT2D eigenvalue weighted by Gasteiger charge is -2.21. The van der Waals surface area contributed by atoms with Crippen molar-refractivity contribution in [2.45, 2.75) is 29.6 Å². The summed E-state index contributed by atoms with van der Waals surface area (Å²) >= 11 is 1.53. The van der Waals surface area contributed by atoms with Crippen molar-refractivity contribution >= 4 is 28.0 Å². The van der Waals surface area contributed by atoms with E-state index in [0.717, 1.165) is 22.3 Å². The lowest BCUT2D eigenvalue weighted by atomic mass is 10.0. The van der Waals surface area contributed by atoms with Crippen LogP contribution in [0.1, 0.15) is 23.6 Å². The van der Waals surface area contributed by atoms with Crippen LogP contribution in [0.3, 0.4) is 0 Å². The second-order valence-electron chi connectivity index (χ2n) is 6.80. The molecular formula is C24H22F2O3S2. The summed E-state index contributed by atoms with van der Waals surface area (Å²) in [5, 5.41) is 0. The third-order valence-corrected chi connectivity index (χ3v) is 6.59. The maximum atomic E-state index is 15.5. The number of hydrogen-bond donors (Lipinski definition) is 0. The van der Waals surface area contributed by atoms with Gasteiger partial charge in [0.25, 0.3) is 0 Å². The highest BCUT2D eigenvalue weighted by atomic mass is 32.2. The Morgan fingerprint density at radius 2 is 1.58 bits per heavy atom. The van der Waals surface area contributed by atoms with E-state index in [1.165, 1.54) is 36.0 Å². The van der Waals surface area contributed by atoms with E-state index in [4.69, 9.17) is 4.18 Å². The molecule has 0 heterocycles. The summed E-state index contributed by atoms with van der Waals surface area (Å²) in [5.41, 5.74) is 0.887. The molecule has 0 amide bonds. The van der Waals surface area contributed by atoms with Crippen LogP contribution in [0, 0.1) is 6.92 Å². The average Bonchev–Trinajstić information content (AvgIpc) is 2.75. The molecule has 0 aliphatic heterocycles. The number of aryl methyl sites for hydroxylation is 1. The van der Waals surface area contributed by atoms with E-state index in [2.05, 4.69) is 0 Å². The summed E-state index contributed by atoms with van der Waals surface area (Å²) < 4.78 is 61.5. The number of benzene rings is 3. The molecule has 3 aromatic rings. The van der Waals surface area contributed by atoms with Crippen molar-refractivity contribution in [2.75, 3.05) is 5.75 Å². The van der Waals surface area contributed by atoms with E-state index in [1.54, 1.807) is 61.5 Å². The molecule has 0 aromatic heterocycles. The molecule has 0 saturated heterocycles. The molecule has 0 spiro atoms. The third kappa shape index (κ3) is 5.74. The van der Waals surface area contributed by atoms with E-state index in [1.807, 2.05) is 6.92 Å². The molecule has 0 unspecified atom stereocenters. The predicted molar refractivity (Wildman–Crippen MR) is 121 cm³/mol. The molecule has 0 fully saturated rings. The zero-order valence-corrected chi connectivity index (χ0v) is 18.7. The maximum absolute atomic E-state index is 15.5. The molecule has 3 aromatic carbocycles. The monoisotopic (exact) mass is 460 g/mol. The Kier molecular flexibility index (Phi) is 7.18.